The maximum Gasteiger partial charge on any atom is 0.231 e. The molecule has 8 heteroatoms. The molecular weight excluding hydrogens is 360 g/mol. The Morgan fingerprint density at radius 2 is 2.12 bits per heavy atom. The van der Waals surface area contributed by atoms with Crippen LogP contribution in [-0.4, -0.2) is 31.1 Å². The minimum atomic E-state index is -0.784. The summed E-state index contributed by atoms with van der Waals surface area (Å²) < 4.78 is 32.9. The normalized spacial score (nSPS) is 14.3. The standard InChI is InChI=1S/C18H15F2N3O2S/c1-25-14-3-2-4-15-16(14)22-18(26-15)23-8-10(9-23)17(24)21-13-6-5-11(19)7-12(13)20/h2-7,10H,8-9H2,1H3,(H,21,24). The lowest BCUT2D eigenvalue weighted by molar-refractivity contribution is -0.120. The molecule has 1 N–H and O–H groups in total. The number of rotatable bonds is 4. The fourth-order valence-corrected chi connectivity index (χ4v) is 3.84. The predicted octanol–water partition coefficient (Wildman–Crippen LogP) is 3.66. The molecule has 0 spiro atoms. The molecule has 1 saturated heterocycles. The molecule has 0 radical (unpaired) electrons. The number of fused-ring (bicyclic) bond motifs is 1. The summed E-state index contributed by atoms with van der Waals surface area (Å²) in [6, 6.07) is 8.82. The van der Waals surface area contributed by atoms with Crippen molar-refractivity contribution in [2.45, 2.75) is 0 Å². The lowest BCUT2D eigenvalue weighted by Crippen LogP contribution is -2.52. The molecule has 0 aliphatic carbocycles. The van der Waals surface area contributed by atoms with Crippen LogP contribution in [0.25, 0.3) is 10.2 Å². The van der Waals surface area contributed by atoms with E-state index in [4.69, 9.17) is 4.74 Å². The van der Waals surface area contributed by atoms with Gasteiger partial charge in [0.1, 0.15) is 22.9 Å². The summed E-state index contributed by atoms with van der Waals surface area (Å²) in [5, 5.41) is 3.33. The minimum absolute atomic E-state index is 0.0143. The first-order valence-electron chi connectivity index (χ1n) is 7.99. The Hall–Kier alpha value is -2.74. The first kappa shape index (κ1) is 16.7. The molecule has 5 nitrogen and oxygen atoms in total. The largest absolute Gasteiger partial charge is 0.494 e. The highest BCUT2D eigenvalue weighted by atomic mass is 32.1. The van der Waals surface area contributed by atoms with Crippen LogP contribution in [-0.2, 0) is 4.79 Å². The smallest absolute Gasteiger partial charge is 0.231 e. The van der Waals surface area contributed by atoms with Gasteiger partial charge in [-0.2, -0.15) is 0 Å². The average Bonchev–Trinajstić information content (AvgIpc) is 2.99. The lowest BCUT2D eigenvalue weighted by atomic mass is 10.00. The number of halogens is 2. The number of aromatic nitrogens is 1. The molecule has 4 rings (SSSR count). The van der Waals surface area contributed by atoms with Gasteiger partial charge >= 0.3 is 0 Å². The number of para-hydroxylation sites is 1. The third-order valence-corrected chi connectivity index (χ3v) is 5.38. The quantitative estimate of drug-likeness (QED) is 0.756. The molecule has 1 aliphatic heterocycles. The number of carbonyl (C=O) groups excluding carboxylic acids is 1. The van der Waals surface area contributed by atoms with Crippen LogP contribution in [0.2, 0.25) is 0 Å². The summed E-state index contributed by atoms with van der Waals surface area (Å²) in [7, 11) is 1.60. The SMILES string of the molecule is COc1cccc2sc(N3CC(C(=O)Nc4ccc(F)cc4F)C3)nc12. The highest BCUT2D eigenvalue weighted by molar-refractivity contribution is 7.22. The third kappa shape index (κ3) is 2.96. The van der Waals surface area contributed by atoms with E-state index in [2.05, 4.69) is 10.3 Å². The van der Waals surface area contributed by atoms with Crippen molar-refractivity contribution in [2.24, 2.45) is 5.92 Å². The summed E-state index contributed by atoms with van der Waals surface area (Å²) in [6.45, 7) is 0.994. The zero-order chi connectivity index (χ0) is 18.3. The van der Waals surface area contributed by atoms with Crippen LogP contribution in [0.1, 0.15) is 0 Å². The number of thiazole rings is 1. The average molecular weight is 375 g/mol. The number of hydrogen-bond acceptors (Lipinski definition) is 5. The Morgan fingerprint density at radius 1 is 1.31 bits per heavy atom. The van der Waals surface area contributed by atoms with Gasteiger partial charge in [-0.3, -0.25) is 4.79 Å². The lowest BCUT2D eigenvalue weighted by Gasteiger charge is -2.37. The van der Waals surface area contributed by atoms with Crippen molar-refractivity contribution in [1.29, 1.82) is 0 Å². The number of benzene rings is 2. The summed E-state index contributed by atoms with van der Waals surface area (Å²) in [5.41, 5.74) is 0.788. The van der Waals surface area contributed by atoms with Crippen LogP contribution < -0.4 is 15.0 Å². The van der Waals surface area contributed by atoms with Crippen LogP contribution >= 0.6 is 11.3 Å². The highest BCUT2D eigenvalue weighted by Crippen LogP contribution is 2.36. The van der Waals surface area contributed by atoms with Crippen LogP contribution in [0.4, 0.5) is 19.6 Å². The van der Waals surface area contributed by atoms with Crippen molar-refractivity contribution in [3.63, 3.8) is 0 Å². The summed E-state index contributed by atoms with van der Waals surface area (Å²) in [4.78, 5) is 18.8. The number of nitrogens with zero attached hydrogens (tertiary/aromatic N) is 2. The van der Waals surface area contributed by atoms with Crippen LogP contribution in [0.3, 0.4) is 0 Å². The van der Waals surface area contributed by atoms with Crippen LogP contribution in [0.15, 0.2) is 36.4 Å². The van der Waals surface area contributed by atoms with Gasteiger partial charge in [0, 0.05) is 19.2 Å². The number of hydrogen-bond donors (Lipinski definition) is 1. The molecule has 1 aliphatic rings. The Kier molecular flexibility index (Phi) is 4.20. The van der Waals surface area contributed by atoms with Crippen molar-refractivity contribution in [3.8, 4) is 5.75 Å². The van der Waals surface area contributed by atoms with Gasteiger partial charge in [0.25, 0.3) is 0 Å². The Morgan fingerprint density at radius 3 is 2.85 bits per heavy atom. The zero-order valence-electron chi connectivity index (χ0n) is 13.8. The van der Waals surface area contributed by atoms with Crippen molar-refractivity contribution in [2.75, 3.05) is 30.4 Å². The zero-order valence-corrected chi connectivity index (χ0v) is 14.6. The van der Waals surface area contributed by atoms with Crippen LogP contribution in [0, 0.1) is 17.6 Å². The summed E-state index contributed by atoms with van der Waals surface area (Å²) >= 11 is 1.53. The molecule has 2 aromatic carbocycles. The van der Waals surface area contributed by atoms with Crippen molar-refractivity contribution >= 4 is 38.3 Å². The van der Waals surface area contributed by atoms with Gasteiger partial charge in [-0.05, 0) is 24.3 Å². The molecule has 1 fully saturated rings. The van der Waals surface area contributed by atoms with Crippen molar-refractivity contribution < 1.29 is 18.3 Å². The molecule has 0 saturated carbocycles. The van der Waals surface area contributed by atoms with E-state index in [9.17, 15) is 13.6 Å². The molecule has 134 valence electrons. The molecule has 0 unspecified atom stereocenters. The Labute approximate surface area is 152 Å². The van der Waals surface area contributed by atoms with Gasteiger partial charge in [-0.15, -0.1) is 0 Å². The number of ether oxygens (including phenoxy) is 1. The van der Waals surface area contributed by atoms with Gasteiger partial charge in [-0.1, -0.05) is 17.4 Å². The van der Waals surface area contributed by atoms with Crippen LogP contribution in [0.5, 0.6) is 5.75 Å². The molecule has 3 aromatic rings. The number of anilines is 2. The minimum Gasteiger partial charge on any atom is -0.494 e. The van der Waals surface area contributed by atoms with E-state index in [1.165, 1.54) is 17.4 Å². The van der Waals surface area contributed by atoms with E-state index in [1.54, 1.807) is 7.11 Å². The topological polar surface area (TPSA) is 54.5 Å². The van der Waals surface area contributed by atoms with Gasteiger partial charge in [0.2, 0.25) is 5.91 Å². The van der Waals surface area contributed by atoms with E-state index in [0.29, 0.717) is 18.8 Å². The molecule has 0 bridgehead atoms. The molecule has 1 aromatic heterocycles. The number of methoxy groups -OCH3 is 1. The number of nitrogens with one attached hydrogen (secondary N) is 1. The van der Waals surface area contributed by atoms with Crippen molar-refractivity contribution in [3.05, 3.63) is 48.0 Å². The van der Waals surface area contributed by atoms with E-state index in [0.717, 1.165) is 27.5 Å². The first-order chi connectivity index (χ1) is 12.5. The van der Waals surface area contributed by atoms with Gasteiger partial charge in [-0.25, -0.2) is 13.8 Å². The maximum atomic E-state index is 13.6. The number of amides is 1. The summed E-state index contributed by atoms with van der Waals surface area (Å²) in [5.74, 6) is -1.31. The predicted molar refractivity (Wildman–Crippen MR) is 96.9 cm³/mol. The fraction of sp³-hybridized carbons (Fsp3) is 0.222. The van der Waals surface area contributed by atoms with Gasteiger partial charge in [0.15, 0.2) is 5.13 Å². The Balaban J connectivity index is 1.42. The second kappa shape index (κ2) is 6.53. The molecule has 0 atom stereocenters. The molecule has 2 heterocycles. The third-order valence-electron chi connectivity index (χ3n) is 4.30. The first-order valence-corrected chi connectivity index (χ1v) is 8.81. The van der Waals surface area contributed by atoms with Crippen molar-refractivity contribution in [1.82, 2.24) is 4.98 Å². The fourth-order valence-electron chi connectivity index (χ4n) is 2.84. The van der Waals surface area contributed by atoms with E-state index in [1.807, 2.05) is 23.1 Å². The number of carbonyl (C=O) groups is 1. The molecular formula is C18H15F2N3O2S. The Bertz CT molecular complexity index is 986. The van der Waals surface area contributed by atoms with Gasteiger partial charge < -0.3 is 15.0 Å². The maximum absolute atomic E-state index is 13.6. The highest BCUT2D eigenvalue weighted by Gasteiger charge is 2.35. The molecule has 26 heavy (non-hydrogen) atoms. The molecule has 1 amide bonds. The monoisotopic (exact) mass is 375 g/mol. The van der Waals surface area contributed by atoms with Gasteiger partial charge in [0.05, 0.1) is 23.4 Å². The second-order valence-electron chi connectivity index (χ2n) is 6.02. The van der Waals surface area contributed by atoms with E-state index in [-0.39, 0.29) is 17.5 Å². The van der Waals surface area contributed by atoms with E-state index < -0.39 is 11.6 Å². The summed E-state index contributed by atoms with van der Waals surface area (Å²) in [6.07, 6.45) is 0. The van der Waals surface area contributed by atoms with E-state index >= 15 is 0 Å². The second-order valence-corrected chi connectivity index (χ2v) is 7.03.